The van der Waals surface area contributed by atoms with E-state index in [4.69, 9.17) is 19.3 Å². The highest BCUT2D eigenvalue weighted by molar-refractivity contribution is 5.68. The molecule has 1 saturated heterocycles. The molecule has 1 fully saturated rings. The van der Waals surface area contributed by atoms with Gasteiger partial charge in [0, 0.05) is 49.4 Å². The Morgan fingerprint density at radius 1 is 1.24 bits per heavy atom. The van der Waals surface area contributed by atoms with E-state index >= 15 is 0 Å². The van der Waals surface area contributed by atoms with Crippen LogP contribution in [0.1, 0.15) is 38.4 Å². The minimum atomic E-state index is -0.541. The van der Waals surface area contributed by atoms with E-state index in [1.54, 1.807) is 15.8 Å². The quantitative estimate of drug-likeness (QED) is 0.515. The Morgan fingerprint density at radius 3 is 2.81 bits per heavy atom. The number of aromatic nitrogens is 5. The summed E-state index contributed by atoms with van der Waals surface area (Å²) in [5.74, 6) is -0.304. The van der Waals surface area contributed by atoms with Crippen LogP contribution in [0.25, 0.3) is 16.9 Å². The minimum Gasteiger partial charge on any atom is -0.479 e. The molecule has 10 nitrogen and oxygen atoms in total. The molecule has 1 unspecified atom stereocenters. The highest BCUT2D eigenvalue weighted by atomic mass is 19.1. The van der Waals surface area contributed by atoms with Gasteiger partial charge in [-0.25, -0.2) is 18.9 Å². The number of methoxy groups -OCH3 is 1. The SMILES string of the molecule is COc1ncc(-n2nc(-c3cnn(CC4CCN(C(=O)OC(C)(C)C)C4)c3)c3c2CCOCC3)cc1F. The molecule has 0 radical (unpaired) electrons. The van der Waals surface area contributed by atoms with Crippen molar-refractivity contribution in [2.24, 2.45) is 5.92 Å². The number of fused-ring (bicyclic) bond motifs is 1. The molecule has 0 aromatic carbocycles. The first-order valence-corrected chi connectivity index (χ1v) is 12.6. The molecule has 0 bridgehead atoms. The molecule has 1 atom stereocenters. The van der Waals surface area contributed by atoms with Crippen LogP contribution in [0.15, 0.2) is 24.7 Å². The number of hydrogen-bond acceptors (Lipinski definition) is 7. The average molecular weight is 513 g/mol. The molecule has 37 heavy (non-hydrogen) atoms. The lowest BCUT2D eigenvalue weighted by Crippen LogP contribution is -2.35. The number of ether oxygens (including phenoxy) is 3. The maximum Gasteiger partial charge on any atom is 0.410 e. The zero-order chi connectivity index (χ0) is 26.2. The van der Waals surface area contributed by atoms with Crippen LogP contribution >= 0.6 is 0 Å². The number of hydrogen-bond donors (Lipinski definition) is 0. The molecule has 5 heterocycles. The molecule has 0 spiro atoms. The van der Waals surface area contributed by atoms with Crippen LogP contribution in [0.4, 0.5) is 9.18 Å². The fourth-order valence-electron chi connectivity index (χ4n) is 4.90. The van der Waals surface area contributed by atoms with E-state index in [-0.39, 0.29) is 17.9 Å². The number of rotatable bonds is 5. The summed E-state index contributed by atoms with van der Waals surface area (Å²) < 4.78 is 34.3. The van der Waals surface area contributed by atoms with E-state index < -0.39 is 11.4 Å². The molecule has 1 amide bonds. The van der Waals surface area contributed by atoms with Crippen LogP contribution in [0.2, 0.25) is 0 Å². The lowest BCUT2D eigenvalue weighted by Gasteiger charge is -2.24. The Balaban J connectivity index is 1.36. The molecule has 0 aliphatic carbocycles. The van der Waals surface area contributed by atoms with Crippen molar-refractivity contribution in [2.75, 3.05) is 33.4 Å². The predicted molar refractivity (Wildman–Crippen MR) is 133 cm³/mol. The van der Waals surface area contributed by atoms with Crippen LogP contribution in [-0.2, 0) is 28.9 Å². The minimum absolute atomic E-state index is 0.0519. The second-order valence-electron chi connectivity index (χ2n) is 10.5. The Labute approximate surface area is 215 Å². The van der Waals surface area contributed by atoms with E-state index in [1.165, 1.54) is 13.2 Å². The van der Waals surface area contributed by atoms with Gasteiger partial charge in [0.05, 0.1) is 49.8 Å². The molecule has 3 aromatic rings. The van der Waals surface area contributed by atoms with Gasteiger partial charge in [-0.1, -0.05) is 0 Å². The number of pyridine rings is 1. The highest BCUT2D eigenvalue weighted by Crippen LogP contribution is 2.31. The summed E-state index contributed by atoms with van der Waals surface area (Å²) in [6.07, 6.45) is 7.35. The van der Waals surface area contributed by atoms with Gasteiger partial charge in [0.15, 0.2) is 5.82 Å². The first-order chi connectivity index (χ1) is 17.7. The lowest BCUT2D eigenvalue weighted by atomic mass is 10.0. The largest absolute Gasteiger partial charge is 0.479 e. The molecule has 198 valence electrons. The molecule has 2 aliphatic heterocycles. The van der Waals surface area contributed by atoms with Crippen molar-refractivity contribution in [1.29, 1.82) is 0 Å². The molecule has 3 aromatic heterocycles. The maximum atomic E-state index is 14.4. The summed E-state index contributed by atoms with van der Waals surface area (Å²) in [5, 5.41) is 9.47. The van der Waals surface area contributed by atoms with E-state index in [1.807, 2.05) is 37.8 Å². The van der Waals surface area contributed by atoms with E-state index in [0.717, 1.165) is 28.9 Å². The summed E-state index contributed by atoms with van der Waals surface area (Å²) in [4.78, 5) is 18.3. The number of amides is 1. The van der Waals surface area contributed by atoms with Crippen LogP contribution in [0.5, 0.6) is 5.88 Å². The highest BCUT2D eigenvalue weighted by Gasteiger charge is 2.30. The number of carbonyl (C=O) groups is 1. The molecule has 0 N–H and O–H groups in total. The van der Waals surface area contributed by atoms with Gasteiger partial charge in [-0.15, -0.1) is 0 Å². The first kappa shape index (κ1) is 25.2. The van der Waals surface area contributed by atoms with Crippen LogP contribution in [0, 0.1) is 11.7 Å². The summed E-state index contributed by atoms with van der Waals surface area (Å²) in [5.41, 5.74) is 3.78. The van der Waals surface area contributed by atoms with Crippen LogP contribution < -0.4 is 4.74 Å². The lowest BCUT2D eigenvalue weighted by molar-refractivity contribution is 0.0286. The van der Waals surface area contributed by atoms with Gasteiger partial charge >= 0.3 is 6.09 Å². The Bertz CT molecular complexity index is 1280. The Kier molecular flexibility index (Phi) is 6.89. The second kappa shape index (κ2) is 10.1. The zero-order valence-corrected chi connectivity index (χ0v) is 21.7. The van der Waals surface area contributed by atoms with Crippen molar-refractivity contribution < 1.29 is 23.4 Å². The van der Waals surface area contributed by atoms with Crippen molar-refractivity contribution in [3.63, 3.8) is 0 Å². The molecule has 0 saturated carbocycles. The topological polar surface area (TPSA) is 96.5 Å². The normalized spacial score (nSPS) is 18.0. The van der Waals surface area contributed by atoms with Gasteiger partial charge in [-0.3, -0.25) is 4.68 Å². The monoisotopic (exact) mass is 512 g/mol. The van der Waals surface area contributed by atoms with Gasteiger partial charge in [-0.05, 0) is 39.5 Å². The molecule has 2 aliphatic rings. The van der Waals surface area contributed by atoms with E-state index in [2.05, 4.69) is 10.1 Å². The van der Waals surface area contributed by atoms with Gasteiger partial charge < -0.3 is 19.1 Å². The van der Waals surface area contributed by atoms with Crippen LogP contribution in [-0.4, -0.2) is 74.6 Å². The number of halogens is 1. The summed E-state index contributed by atoms with van der Waals surface area (Å²) in [6.45, 7) is 8.80. The number of nitrogens with zero attached hydrogens (tertiary/aromatic N) is 6. The fraction of sp³-hybridized carbons (Fsp3) is 0.538. The second-order valence-corrected chi connectivity index (χ2v) is 10.5. The smallest absolute Gasteiger partial charge is 0.410 e. The molecule has 11 heteroatoms. The van der Waals surface area contributed by atoms with Crippen molar-refractivity contribution in [3.05, 3.63) is 41.7 Å². The van der Waals surface area contributed by atoms with Gasteiger partial charge in [0.1, 0.15) is 5.60 Å². The average Bonchev–Trinajstić information content (AvgIpc) is 3.54. The van der Waals surface area contributed by atoms with Gasteiger partial charge in [-0.2, -0.15) is 10.2 Å². The molecule has 5 rings (SSSR count). The number of likely N-dealkylation sites (tertiary alicyclic amines) is 1. The molecular weight excluding hydrogens is 479 g/mol. The third-order valence-electron chi connectivity index (χ3n) is 6.59. The first-order valence-electron chi connectivity index (χ1n) is 12.6. The standard InChI is InChI=1S/C26H33FN6O4/c1-26(2,3)37-25(34)31-8-5-17(14-31)15-32-16-18(12-29-32)23-20-6-9-36-10-7-22(20)33(30-23)19-11-21(27)24(35-4)28-13-19/h11-13,16-17H,5-10,14-15H2,1-4H3. The van der Waals surface area contributed by atoms with Gasteiger partial charge in [0.2, 0.25) is 5.88 Å². The number of carbonyl (C=O) groups excluding carboxylic acids is 1. The zero-order valence-electron chi connectivity index (χ0n) is 21.7. The van der Waals surface area contributed by atoms with Crippen molar-refractivity contribution in [1.82, 2.24) is 29.4 Å². The fourth-order valence-corrected chi connectivity index (χ4v) is 4.90. The van der Waals surface area contributed by atoms with E-state index in [0.29, 0.717) is 51.4 Å². The summed E-state index contributed by atoms with van der Waals surface area (Å²) >= 11 is 0. The Hall–Kier alpha value is -3.47. The van der Waals surface area contributed by atoms with Crippen molar-refractivity contribution in [2.45, 2.75) is 52.2 Å². The summed E-state index contributed by atoms with van der Waals surface area (Å²) in [6, 6.07) is 1.38. The molecular formula is C26H33FN6O4. The third kappa shape index (κ3) is 5.46. The van der Waals surface area contributed by atoms with E-state index in [9.17, 15) is 9.18 Å². The van der Waals surface area contributed by atoms with Gasteiger partial charge in [0.25, 0.3) is 0 Å². The van der Waals surface area contributed by atoms with Crippen molar-refractivity contribution >= 4 is 6.09 Å². The van der Waals surface area contributed by atoms with Crippen LogP contribution in [0.3, 0.4) is 0 Å². The maximum absolute atomic E-state index is 14.4. The Morgan fingerprint density at radius 2 is 2.05 bits per heavy atom. The summed E-state index contributed by atoms with van der Waals surface area (Å²) in [7, 11) is 1.39. The predicted octanol–water partition coefficient (Wildman–Crippen LogP) is 3.65. The third-order valence-corrected chi connectivity index (χ3v) is 6.59. The van der Waals surface area contributed by atoms with Crippen molar-refractivity contribution in [3.8, 4) is 22.8 Å².